The van der Waals surface area contributed by atoms with Gasteiger partial charge in [0.25, 0.3) is 10.0 Å². The maximum absolute atomic E-state index is 12.0. The van der Waals surface area contributed by atoms with Crippen molar-refractivity contribution in [1.29, 1.82) is 0 Å². The number of nitrogens with zero attached hydrogens (tertiary/aromatic N) is 1. The fourth-order valence-electron chi connectivity index (χ4n) is 1.44. The van der Waals surface area contributed by atoms with Crippen molar-refractivity contribution < 1.29 is 8.42 Å². The van der Waals surface area contributed by atoms with Crippen LogP contribution in [0.1, 0.15) is 10.6 Å². The minimum absolute atomic E-state index is 0.209. The number of anilines is 1. The first-order valence-corrected chi connectivity index (χ1v) is 7.58. The smallest absolute Gasteiger partial charge is 0.265 e. The summed E-state index contributed by atoms with van der Waals surface area (Å²) >= 11 is 1.30. The number of H-pyrrole nitrogens is 1. The van der Waals surface area contributed by atoms with Gasteiger partial charge in [-0.3, -0.25) is 4.72 Å². The molecule has 2 heterocycles. The molecular formula is C10H14N4O2S2. The third-order valence-electron chi connectivity index (χ3n) is 2.24. The standard InChI is InChI=1S/C10H14N4O2S2/c1-7-4-13-10(17-7)14-18(15,16)9-3-8(5-11-2)12-6-9/h3-4,6,11-12H,5H2,1-2H3,(H,13,14). The molecule has 0 aliphatic rings. The molecule has 0 spiro atoms. The third kappa shape index (κ3) is 2.89. The van der Waals surface area contributed by atoms with E-state index in [-0.39, 0.29) is 4.90 Å². The summed E-state index contributed by atoms with van der Waals surface area (Å²) in [6, 6.07) is 1.60. The summed E-state index contributed by atoms with van der Waals surface area (Å²) in [6.07, 6.45) is 3.10. The average Bonchev–Trinajstić information content (AvgIpc) is 2.88. The number of sulfonamides is 1. The molecular weight excluding hydrogens is 272 g/mol. The Hall–Kier alpha value is -1.38. The Morgan fingerprint density at radius 1 is 1.50 bits per heavy atom. The molecule has 3 N–H and O–H groups in total. The van der Waals surface area contributed by atoms with E-state index in [1.165, 1.54) is 17.5 Å². The van der Waals surface area contributed by atoms with Crippen LogP contribution in [0.3, 0.4) is 0 Å². The summed E-state index contributed by atoms with van der Waals surface area (Å²) < 4.78 is 26.5. The van der Waals surface area contributed by atoms with E-state index >= 15 is 0 Å². The molecule has 8 heteroatoms. The van der Waals surface area contributed by atoms with Gasteiger partial charge >= 0.3 is 0 Å². The van der Waals surface area contributed by atoms with Crippen molar-refractivity contribution in [2.45, 2.75) is 18.4 Å². The highest BCUT2D eigenvalue weighted by molar-refractivity contribution is 7.93. The van der Waals surface area contributed by atoms with Crippen LogP contribution in [0, 0.1) is 6.92 Å². The van der Waals surface area contributed by atoms with E-state index < -0.39 is 10.0 Å². The van der Waals surface area contributed by atoms with Crippen LogP contribution in [-0.4, -0.2) is 25.4 Å². The van der Waals surface area contributed by atoms with Gasteiger partial charge in [0.2, 0.25) is 0 Å². The zero-order chi connectivity index (χ0) is 13.2. The quantitative estimate of drug-likeness (QED) is 0.773. The molecule has 2 aromatic rings. The minimum atomic E-state index is -3.56. The van der Waals surface area contributed by atoms with Crippen molar-refractivity contribution >= 4 is 26.5 Å². The summed E-state index contributed by atoms with van der Waals surface area (Å²) in [5, 5.41) is 3.32. The molecule has 0 saturated carbocycles. The number of aromatic nitrogens is 2. The van der Waals surface area contributed by atoms with E-state index in [2.05, 4.69) is 20.0 Å². The number of hydrogen-bond acceptors (Lipinski definition) is 5. The summed E-state index contributed by atoms with van der Waals surface area (Å²) in [4.78, 5) is 8.05. The highest BCUT2D eigenvalue weighted by Crippen LogP contribution is 2.21. The number of rotatable bonds is 5. The van der Waals surface area contributed by atoms with Crippen molar-refractivity contribution in [3.05, 3.63) is 29.0 Å². The second-order valence-electron chi connectivity index (χ2n) is 3.77. The zero-order valence-electron chi connectivity index (χ0n) is 10.0. The van der Waals surface area contributed by atoms with Crippen LogP contribution in [0.15, 0.2) is 23.4 Å². The van der Waals surface area contributed by atoms with Crippen molar-refractivity contribution in [2.24, 2.45) is 0 Å². The van der Waals surface area contributed by atoms with Crippen LogP contribution in [0.2, 0.25) is 0 Å². The Bertz CT molecular complexity index is 630. The van der Waals surface area contributed by atoms with Gasteiger partial charge in [0.1, 0.15) is 4.90 Å². The van der Waals surface area contributed by atoms with Gasteiger partial charge in [0.05, 0.1) is 0 Å². The predicted octanol–water partition coefficient (Wildman–Crippen LogP) is 1.30. The van der Waals surface area contributed by atoms with Crippen LogP contribution >= 0.6 is 11.3 Å². The van der Waals surface area contributed by atoms with Crippen molar-refractivity contribution in [2.75, 3.05) is 11.8 Å². The van der Waals surface area contributed by atoms with Gasteiger partial charge in [-0.2, -0.15) is 0 Å². The van der Waals surface area contributed by atoms with Gasteiger partial charge in [0.15, 0.2) is 5.13 Å². The fourth-order valence-corrected chi connectivity index (χ4v) is 3.37. The van der Waals surface area contributed by atoms with Crippen LogP contribution in [-0.2, 0) is 16.6 Å². The summed E-state index contributed by atoms with van der Waals surface area (Å²) in [5.41, 5.74) is 0.813. The Balaban J connectivity index is 2.19. The van der Waals surface area contributed by atoms with E-state index in [9.17, 15) is 8.42 Å². The van der Waals surface area contributed by atoms with Crippen LogP contribution in [0.5, 0.6) is 0 Å². The monoisotopic (exact) mass is 286 g/mol. The summed E-state index contributed by atoms with van der Waals surface area (Å²) in [5.74, 6) is 0. The number of aryl methyl sites for hydroxylation is 1. The highest BCUT2D eigenvalue weighted by atomic mass is 32.2. The number of aromatic amines is 1. The Kier molecular flexibility index (Phi) is 3.69. The molecule has 98 valence electrons. The molecule has 2 rings (SSSR count). The molecule has 2 aromatic heterocycles. The first-order chi connectivity index (χ1) is 8.51. The van der Waals surface area contributed by atoms with Gasteiger partial charge in [-0.05, 0) is 20.0 Å². The lowest BCUT2D eigenvalue weighted by Gasteiger charge is -2.01. The van der Waals surface area contributed by atoms with Gasteiger partial charge in [-0.15, -0.1) is 11.3 Å². The van der Waals surface area contributed by atoms with Crippen LogP contribution in [0.4, 0.5) is 5.13 Å². The molecule has 0 radical (unpaired) electrons. The average molecular weight is 286 g/mol. The molecule has 18 heavy (non-hydrogen) atoms. The third-order valence-corrected chi connectivity index (χ3v) is 4.51. The maximum atomic E-state index is 12.0. The second-order valence-corrected chi connectivity index (χ2v) is 6.69. The number of thiazole rings is 1. The predicted molar refractivity (Wildman–Crippen MR) is 71.2 cm³/mol. The van der Waals surface area contributed by atoms with Gasteiger partial charge in [-0.1, -0.05) is 0 Å². The number of nitrogens with one attached hydrogen (secondary N) is 3. The molecule has 0 aliphatic carbocycles. The molecule has 0 amide bonds. The Morgan fingerprint density at radius 2 is 2.28 bits per heavy atom. The molecule has 0 aromatic carbocycles. The first kappa shape index (κ1) is 13.1. The highest BCUT2D eigenvalue weighted by Gasteiger charge is 2.17. The molecule has 0 unspecified atom stereocenters. The molecule has 6 nitrogen and oxygen atoms in total. The Morgan fingerprint density at radius 3 is 2.89 bits per heavy atom. The van der Waals surface area contributed by atoms with Crippen molar-refractivity contribution in [3.63, 3.8) is 0 Å². The molecule has 0 saturated heterocycles. The van der Waals surface area contributed by atoms with Crippen molar-refractivity contribution in [3.8, 4) is 0 Å². The molecule has 0 atom stereocenters. The maximum Gasteiger partial charge on any atom is 0.265 e. The SMILES string of the molecule is CNCc1cc(S(=O)(=O)Nc2ncc(C)s2)c[nH]1. The van der Waals surface area contributed by atoms with E-state index in [1.54, 1.807) is 19.3 Å². The van der Waals surface area contributed by atoms with Crippen molar-refractivity contribution in [1.82, 2.24) is 15.3 Å². The van der Waals surface area contributed by atoms with Crippen LogP contribution < -0.4 is 10.0 Å². The summed E-state index contributed by atoms with van der Waals surface area (Å²) in [6.45, 7) is 2.46. The Labute approximate surface area is 110 Å². The molecule has 0 bridgehead atoms. The van der Waals surface area contributed by atoms with E-state index in [1.807, 2.05) is 6.92 Å². The zero-order valence-corrected chi connectivity index (χ0v) is 11.7. The second kappa shape index (κ2) is 5.09. The largest absolute Gasteiger partial charge is 0.363 e. The van der Waals surface area contributed by atoms with Gasteiger partial charge in [0, 0.05) is 29.5 Å². The topological polar surface area (TPSA) is 86.9 Å². The van der Waals surface area contributed by atoms with Gasteiger partial charge in [-0.25, -0.2) is 13.4 Å². The normalized spacial score (nSPS) is 11.7. The lowest BCUT2D eigenvalue weighted by molar-refractivity contribution is 0.601. The summed E-state index contributed by atoms with van der Waals surface area (Å²) in [7, 11) is -1.76. The van der Waals surface area contributed by atoms with E-state index in [0.29, 0.717) is 11.7 Å². The molecule has 0 fully saturated rings. The number of hydrogen-bond donors (Lipinski definition) is 3. The molecule has 0 aliphatic heterocycles. The van der Waals surface area contributed by atoms with E-state index in [4.69, 9.17) is 0 Å². The first-order valence-electron chi connectivity index (χ1n) is 5.28. The van der Waals surface area contributed by atoms with E-state index in [0.717, 1.165) is 10.6 Å². The lowest BCUT2D eigenvalue weighted by atomic mass is 10.4. The van der Waals surface area contributed by atoms with Gasteiger partial charge < -0.3 is 10.3 Å². The van der Waals surface area contributed by atoms with Crippen LogP contribution in [0.25, 0.3) is 0 Å². The minimum Gasteiger partial charge on any atom is -0.363 e. The fraction of sp³-hybridized carbons (Fsp3) is 0.300. The lowest BCUT2D eigenvalue weighted by Crippen LogP contribution is -2.12.